The van der Waals surface area contributed by atoms with E-state index in [1.54, 1.807) is 9.24 Å². The van der Waals surface area contributed by atoms with Gasteiger partial charge in [-0.15, -0.1) is 0 Å². The minimum atomic E-state index is -2.98. The highest BCUT2D eigenvalue weighted by atomic mass is 35.5. The van der Waals surface area contributed by atoms with Gasteiger partial charge in [-0.05, 0) is 55.4 Å². The normalized spacial score (nSPS) is 24.1. The van der Waals surface area contributed by atoms with Gasteiger partial charge in [-0.25, -0.2) is 13.2 Å². The number of carbonyl (C=O) groups excluding carboxylic acids is 1. The molecular formula is C21H29ClF3N2O2P. The minimum Gasteiger partial charge on any atom is -0.394 e. The number of halogens is 4. The highest BCUT2D eigenvalue weighted by molar-refractivity contribution is 7.18. The van der Waals surface area contributed by atoms with Crippen LogP contribution >= 0.6 is 20.8 Å². The van der Waals surface area contributed by atoms with E-state index in [9.17, 15) is 23.1 Å². The molecule has 1 aromatic carbocycles. The van der Waals surface area contributed by atoms with E-state index in [1.807, 2.05) is 0 Å². The summed E-state index contributed by atoms with van der Waals surface area (Å²) in [4.78, 5) is 14.0. The first-order valence-electron chi connectivity index (χ1n) is 10.5. The van der Waals surface area contributed by atoms with Gasteiger partial charge in [0.05, 0.1) is 31.3 Å². The minimum absolute atomic E-state index is 0.0305. The topological polar surface area (TPSA) is 52.6 Å². The Bertz CT molecular complexity index is 743. The van der Waals surface area contributed by atoms with Crippen molar-refractivity contribution < 1.29 is 23.1 Å². The number of alkyl halides is 2. The molecule has 1 saturated heterocycles. The van der Waals surface area contributed by atoms with Crippen LogP contribution in [0.2, 0.25) is 5.02 Å². The number of carbonyl (C=O) groups is 1. The van der Waals surface area contributed by atoms with Crippen LogP contribution in [0.5, 0.6) is 0 Å². The van der Waals surface area contributed by atoms with Gasteiger partial charge in [0, 0.05) is 5.02 Å². The molecule has 0 bridgehead atoms. The van der Waals surface area contributed by atoms with Gasteiger partial charge in [-0.2, -0.15) is 0 Å². The second kappa shape index (κ2) is 10.2. The van der Waals surface area contributed by atoms with Gasteiger partial charge >= 0.3 is 0 Å². The molecule has 1 aromatic rings. The third-order valence-corrected chi connectivity index (χ3v) is 7.00. The second-order valence-corrected chi connectivity index (χ2v) is 9.56. The Kier molecular flexibility index (Phi) is 8.05. The standard InChI is InChI=1S/C21H29ClF3N2O2P/c22-15-7-9-17(23)14(10-15)6-8-16-18(11-28)27(20(16)29)12-26-19(21(24,25)30)13-4-2-1-3-5-13/h7,9-10,13,16,18-19,26,28H,1-6,8,11-12,30H2/t16-,18?,19+/m1/s1. The molecule has 9 heteroatoms. The molecule has 2 aliphatic rings. The number of nitrogens with one attached hydrogen (secondary N) is 1. The molecule has 1 amide bonds. The molecular weight excluding hydrogens is 436 g/mol. The molecule has 30 heavy (non-hydrogen) atoms. The number of likely N-dealkylation sites (tertiary alicyclic amines) is 1. The number of amides is 1. The molecule has 1 aliphatic heterocycles. The molecule has 0 spiro atoms. The van der Waals surface area contributed by atoms with E-state index in [0.29, 0.717) is 23.4 Å². The monoisotopic (exact) mass is 464 g/mol. The molecule has 3 rings (SSSR count). The average Bonchev–Trinajstić information content (AvgIpc) is 2.70. The summed E-state index contributed by atoms with van der Waals surface area (Å²) in [5.74, 6) is -1.20. The number of hydrogen-bond donors (Lipinski definition) is 2. The van der Waals surface area contributed by atoms with Crippen molar-refractivity contribution in [2.45, 2.75) is 62.7 Å². The lowest BCUT2D eigenvalue weighted by Gasteiger charge is -2.48. The van der Waals surface area contributed by atoms with Crippen LogP contribution in [-0.2, 0) is 11.2 Å². The predicted molar refractivity (Wildman–Crippen MR) is 114 cm³/mol. The van der Waals surface area contributed by atoms with Crippen LogP contribution < -0.4 is 5.32 Å². The van der Waals surface area contributed by atoms with E-state index < -0.39 is 23.7 Å². The van der Waals surface area contributed by atoms with Gasteiger partial charge in [-0.3, -0.25) is 10.1 Å². The molecule has 4 nitrogen and oxygen atoms in total. The van der Waals surface area contributed by atoms with Crippen molar-refractivity contribution in [1.82, 2.24) is 10.2 Å². The van der Waals surface area contributed by atoms with Crippen molar-refractivity contribution in [2.24, 2.45) is 11.8 Å². The summed E-state index contributed by atoms with van der Waals surface area (Å²) >= 11 is 5.91. The lowest BCUT2D eigenvalue weighted by atomic mass is 9.82. The largest absolute Gasteiger partial charge is 0.394 e. The third-order valence-electron chi connectivity index (χ3n) is 6.40. The number of benzene rings is 1. The average molecular weight is 465 g/mol. The molecule has 2 fully saturated rings. The van der Waals surface area contributed by atoms with Crippen molar-refractivity contribution in [1.29, 1.82) is 0 Å². The summed E-state index contributed by atoms with van der Waals surface area (Å²) in [6.45, 7) is -0.293. The number of aliphatic hydroxyl groups is 1. The van der Waals surface area contributed by atoms with Crippen molar-refractivity contribution in [3.63, 3.8) is 0 Å². The van der Waals surface area contributed by atoms with Crippen LogP contribution in [0.15, 0.2) is 18.2 Å². The Hall–Kier alpha value is -0.880. The zero-order valence-corrected chi connectivity index (χ0v) is 18.7. The smallest absolute Gasteiger partial charge is 0.274 e. The van der Waals surface area contributed by atoms with Crippen LogP contribution in [0, 0.1) is 17.7 Å². The van der Waals surface area contributed by atoms with E-state index in [0.717, 1.165) is 32.1 Å². The first-order chi connectivity index (χ1) is 14.2. The Labute approximate surface area is 182 Å². The van der Waals surface area contributed by atoms with Crippen LogP contribution in [-0.4, -0.2) is 46.9 Å². The zero-order chi connectivity index (χ0) is 21.9. The van der Waals surface area contributed by atoms with Crippen LogP contribution in [0.25, 0.3) is 0 Å². The van der Waals surface area contributed by atoms with Crippen LogP contribution in [0.4, 0.5) is 13.2 Å². The van der Waals surface area contributed by atoms with Gasteiger partial charge < -0.3 is 10.0 Å². The van der Waals surface area contributed by atoms with E-state index in [1.165, 1.54) is 23.1 Å². The zero-order valence-electron chi connectivity index (χ0n) is 16.8. The van der Waals surface area contributed by atoms with Crippen molar-refractivity contribution in [2.75, 3.05) is 13.3 Å². The third kappa shape index (κ3) is 5.48. The summed E-state index contributed by atoms with van der Waals surface area (Å²) < 4.78 is 42.3. The highest BCUT2D eigenvalue weighted by Crippen LogP contribution is 2.38. The number of aliphatic hydroxyl groups excluding tert-OH is 1. The summed E-state index contributed by atoms with van der Waals surface area (Å²) in [5.41, 5.74) is -2.56. The van der Waals surface area contributed by atoms with Crippen molar-refractivity contribution in [3.8, 4) is 0 Å². The van der Waals surface area contributed by atoms with Gasteiger partial charge in [0.15, 0.2) is 0 Å². The van der Waals surface area contributed by atoms with E-state index in [4.69, 9.17) is 11.6 Å². The lowest BCUT2D eigenvalue weighted by Crippen LogP contribution is -2.66. The van der Waals surface area contributed by atoms with Crippen molar-refractivity contribution >= 4 is 26.7 Å². The van der Waals surface area contributed by atoms with E-state index >= 15 is 0 Å². The molecule has 2 N–H and O–H groups in total. The molecule has 0 aromatic heterocycles. The van der Waals surface area contributed by atoms with Gasteiger partial charge in [0.25, 0.3) is 5.66 Å². The number of hydrogen-bond acceptors (Lipinski definition) is 3. The Balaban J connectivity index is 1.57. The van der Waals surface area contributed by atoms with Gasteiger partial charge in [0.2, 0.25) is 5.91 Å². The molecule has 4 atom stereocenters. The molecule has 0 radical (unpaired) electrons. The molecule has 1 heterocycles. The number of aryl methyl sites for hydroxylation is 1. The first-order valence-corrected chi connectivity index (χ1v) is 11.4. The van der Waals surface area contributed by atoms with Gasteiger partial charge in [-0.1, -0.05) is 40.1 Å². The SMILES string of the molecule is O=C1[C@H](CCc2cc(Cl)ccc2F)C(CO)N1CN[C@@H](C1CCCCC1)C(F)(F)P. The summed E-state index contributed by atoms with van der Waals surface area (Å²) in [7, 11) is 1.62. The maximum Gasteiger partial charge on any atom is 0.274 e. The Morgan fingerprint density at radius 3 is 2.63 bits per heavy atom. The van der Waals surface area contributed by atoms with Crippen LogP contribution in [0.1, 0.15) is 44.1 Å². The number of rotatable bonds is 9. The second-order valence-electron chi connectivity index (χ2n) is 8.35. The maximum atomic E-state index is 14.2. The van der Waals surface area contributed by atoms with E-state index in [2.05, 4.69) is 5.32 Å². The highest BCUT2D eigenvalue weighted by Gasteiger charge is 2.47. The molecule has 1 saturated carbocycles. The van der Waals surface area contributed by atoms with Gasteiger partial charge in [0.1, 0.15) is 5.82 Å². The number of nitrogens with zero attached hydrogens (tertiary/aromatic N) is 1. The lowest BCUT2D eigenvalue weighted by molar-refractivity contribution is -0.161. The van der Waals surface area contributed by atoms with E-state index in [-0.39, 0.29) is 30.9 Å². The fourth-order valence-electron chi connectivity index (χ4n) is 4.74. The Morgan fingerprint density at radius 2 is 2.00 bits per heavy atom. The summed E-state index contributed by atoms with van der Waals surface area (Å²) in [6.07, 6.45) is 5.11. The maximum absolute atomic E-state index is 14.2. The fourth-order valence-corrected chi connectivity index (χ4v) is 5.32. The van der Waals surface area contributed by atoms with Crippen LogP contribution in [0.3, 0.4) is 0 Å². The van der Waals surface area contributed by atoms with Crippen molar-refractivity contribution in [3.05, 3.63) is 34.6 Å². The summed E-state index contributed by atoms with van der Waals surface area (Å²) in [6, 6.07) is 2.78. The number of β-lactam (4-membered cyclic amide) rings is 1. The fraction of sp³-hybridized carbons (Fsp3) is 0.667. The quantitative estimate of drug-likeness (QED) is 0.425. The predicted octanol–water partition coefficient (Wildman–Crippen LogP) is 4.19. The Morgan fingerprint density at radius 1 is 1.30 bits per heavy atom. The molecule has 1 aliphatic carbocycles. The summed E-state index contributed by atoms with van der Waals surface area (Å²) in [5, 5.41) is 13.0. The molecule has 2 unspecified atom stereocenters. The first kappa shape index (κ1) is 23.8. The molecule has 168 valence electrons.